The molecule has 3 saturated carbocycles. The molecule has 47 heavy (non-hydrogen) atoms. The standard InChI is InChI=1S/C41H69NO5/c1-27(2)13-12-14-28(3)32-17-18-33-31-16-15-29-25-30(21-23-40(29,9)34(31)22-24-41(32,33)10)46-36(44)19-20-37(45)47-39(7,8)26-35(43)42(11)38(4,5)6/h15,27-28,30-34H,12-14,16-26H2,1-11H3. The van der Waals surface area contributed by atoms with Crippen LogP contribution in [0.3, 0.4) is 0 Å². The Kier molecular flexibility index (Phi) is 11.8. The van der Waals surface area contributed by atoms with Gasteiger partial charge in [0.2, 0.25) is 5.91 Å². The first kappa shape index (κ1) is 38.0. The summed E-state index contributed by atoms with van der Waals surface area (Å²) in [5.41, 5.74) is 0.950. The monoisotopic (exact) mass is 656 g/mol. The molecule has 6 heteroatoms. The summed E-state index contributed by atoms with van der Waals surface area (Å²) in [4.78, 5) is 39.8. The van der Waals surface area contributed by atoms with E-state index >= 15 is 0 Å². The van der Waals surface area contributed by atoms with E-state index < -0.39 is 11.6 Å². The molecule has 0 bridgehead atoms. The maximum Gasteiger partial charge on any atom is 0.306 e. The lowest BCUT2D eigenvalue weighted by molar-refractivity contribution is -0.164. The van der Waals surface area contributed by atoms with Crippen LogP contribution in [-0.2, 0) is 23.9 Å². The number of amides is 1. The van der Waals surface area contributed by atoms with Gasteiger partial charge in [0.15, 0.2) is 0 Å². The van der Waals surface area contributed by atoms with Gasteiger partial charge in [-0.3, -0.25) is 14.4 Å². The second-order valence-electron chi connectivity index (χ2n) is 18.7. The van der Waals surface area contributed by atoms with Gasteiger partial charge in [-0.2, -0.15) is 0 Å². The molecule has 0 heterocycles. The Morgan fingerprint density at radius 1 is 0.915 bits per heavy atom. The van der Waals surface area contributed by atoms with E-state index in [9.17, 15) is 14.4 Å². The zero-order valence-electron chi connectivity index (χ0n) is 32.0. The van der Waals surface area contributed by atoms with E-state index in [2.05, 4.69) is 40.7 Å². The number of nitrogens with zero attached hydrogens (tertiary/aromatic N) is 1. The van der Waals surface area contributed by atoms with Crippen molar-refractivity contribution in [3.63, 3.8) is 0 Å². The Morgan fingerprint density at radius 3 is 2.26 bits per heavy atom. The van der Waals surface area contributed by atoms with Gasteiger partial charge in [-0.25, -0.2) is 0 Å². The molecule has 1 amide bonds. The van der Waals surface area contributed by atoms with Crippen molar-refractivity contribution in [2.45, 2.75) is 176 Å². The van der Waals surface area contributed by atoms with Crippen LogP contribution in [0.5, 0.6) is 0 Å². The van der Waals surface area contributed by atoms with Gasteiger partial charge in [0.05, 0.1) is 19.3 Å². The predicted molar refractivity (Wildman–Crippen MR) is 189 cm³/mol. The second kappa shape index (κ2) is 14.6. The summed E-state index contributed by atoms with van der Waals surface area (Å²) < 4.78 is 11.6. The molecule has 4 aliphatic rings. The summed E-state index contributed by atoms with van der Waals surface area (Å²) in [5.74, 6) is 3.97. The van der Waals surface area contributed by atoms with Crippen LogP contribution in [0.4, 0.5) is 0 Å². The zero-order valence-corrected chi connectivity index (χ0v) is 32.0. The lowest BCUT2D eigenvalue weighted by Crippen LogP contribution is -2.51. The summed E-state index contributed by atoms with van der Waals surface area (Å²) in [6.45, 7) is 21.8. The van der Waals surface area contributed by atoms with Crippen molar-refractivity contribution in [1.29, 1.82) is 0 Å². The molecule has 4 rings (SSSR count). The highest BCUT2D eigenvalue weighted by atomic mass is 16.6. The van der Waals surface area contributed by atoms with Crippen LogP contribution in [0.25, 0.3) is 0 Å². The quantitative estimate of drug-likeness (QED) is 0.155. The normalized spacial score (nSPS) is 32.9. The third-order valence-corrected chi connectivity index (χ3v) is 13.4. The van der Waals surface area contributed by atoms with E-state index in [0.717, 1.165) is 54.8 Å². The SMILES string of the molecule is CC(C)CCCC(C)C1CCC2C3CC=C4CC(OC(=O)CCC(=O)OC(C)(C)CC(=O)N(C)C(C)(C)C)CCC4(C)C3CCC12C. The largest absolute Gasteiger partial charge is 0.462 e. The summed E-state index contributed by atoms with van der Waals surface area (Å²) in [6.07, 6.45) is 16.1. The fourth-order valence-electron chi connectivity index (χ4n) is 10.5. The molecule has 4 aliphatic carbocycles. The van der Waals surface area contributed by atoms with E-state index in [4.69, 9.17) is 9.47 Å². The van der Waals surface area contributed by atoms with Crippen LogP contribution in [0.1, 0.15) is 159 Å². The summed E-state index contributed by atoms with van der Waals surface area (Å²) in [7, 11) is 1.76. The van der Waals surface area contributed by atoms with Crippen molar-refractivity contribution in [2.24, 2.45) is 46.3 Å². The molecule has 0 N–H and O–H groups in total. The molecule has 0 spiro atoms. The van der Waals surface area contributed by atoms with Crippen molar-refractivity contribution < 1.29 is 23.9 Å². The number of carbonyl (C=O) groups excluding carboxylic acids is 3. The highest BCUT2D eigenvalue weighted by Gasteiger charge is 2.59. The van der Waals surface area contributed by atoms with Gasteiger partial charge in [0.1, 0.15) is 11.7 Å². The molecule has 8 atom stereocenters. The van der Waals surface area contributed by atoms with Crippen molar-refractivity contribution >= 4 is 17.8 Å². The molecule has 0 aromatic carbocycles. The number of hydrogen-bond donors (Lipinski definition) is 0. The smallest absolute Gasteiger partial charge is 0.306 e. The van der Waals surface area contributed by atoms with Crippen molar-refractivity contribution in [3.8, 4) is 0 Å². The molecule has 268 valence electrons. The fourth-order valence-corrected chi connectivity index (χ4v) is 10.5. The number of hydrogen-bond acceptors (Lipinski definition) is 5. The number of carbonyl (C=O) groups is 3. The zero-order chi connectivity index (χ0) is 34.9. The average molecular weight is 656 g/mol. The molecule has 0 saturated heterocycles. The molecular weight excluding hydrogens is 586 g/mol. The van der Waals surface area contributed by atoms with Crippen molar-refractivity contribution in [1.82, 2.24) is 4.90 Å². The van der Waals surface area contributed by atoms with E-state index in [0.29, 0.717) is 5.41 Å². The van der Waals surface area contributed by atoms with Crippen molar-refractivity contribution in [3.05, 3.63) is 11.6 Å². The van der Waals surface area contributed by atoms with Crippen LogP contribution >= 0.6 is 0 Å². The number of allylic oxidation sites excluding steroid dienone is 1. The van der Waals surface area contributed by atoms with E-state index in [1.165, 1.54) is 56.9 Å². The number of esters is 2. The Morgan fingerprint density at radius 2 is 1.60 bits per heavy atom. The van der Waals surface area contributed by atoms with Gasteiger partial charge in [-0.05, 0) is 126 Å². The number of rotatable bonds is 12. The minimum atomic E-state index is -0.946. The molecule has 3 fully saturated rings. The molecule has 8 unspecified atom stereocenters. The first-order valence-electron chi connectivity index (χ1n) is 19.1. The molecule has 0 aromatic heterocycles. The van der Waals surface area contributed by atoms with E-state index in [1.54, 1.807) is 25.8 Å². The number of ether oxygens (including phenoxy) is 2. The third-order valence-electron chi connectivity index (χ3n) is 13.4. The third kappa shape index (κ3) is 8.66. The predicted octanol–water partition coefficient (Wildman–Crippen LogP) is 9.69. The second-order valence-corrected chi connectivity index (χ2v) is 18.7. The Bertz CT molecular complexity index is 1160. The van der Waals surface area contributed by atoms with Crippen LogP contribution in [0, 0.1) is 46.3 Å². The first-order valence-corrected chi connectivity index (χ1v) is 19.1. The Balaban J connectivity index is 1.27. The minimum absolute atomic E-state index is 0.000406. The van der Waals surface area contributed by atoms with Gasteiger partial charge >= 0.3 is 11.9 Å². The number of fused-ring (bicyclic) bond motifs is 5. The van der Waals surface area contributed by atoms with Crippen LogP contribution in [0.15, 0.2) is 11.6 Å². The Labute approximate surface area is 287 Å². The minimum Gasteiger partial charge on any atom is -0.462 e. The molecule has 0 radical (unpaired) electrons. The highest BCUT2D eigenvalue weighted by molar-refractivity contribution is 5.80. The van der Waals surface area contributed by atoms with Gasteiger partial charge in [-0.15, -0.1) is 0 Å². The van der Waals surface area contributed by atoms with Crippen molar-refractivity contribution in [2.75, 3.05) is 7.05 Å². The summed E-state index contributed by atoms with van der Waals surface area (Å²) in [5, 5.41) is 0. The maximum atomic E-state index is 12.9. The van der Waals surface area contributed by atoms with Gasteiger partial charge in [-0.1, -0.05) is 65.5 Å². The first-order chi connectivity index (χ1) is 21.8. The maximum absolute atomic E-state index is 12.9. The Hall–Kier alpha value is -1.85. The fraction of sp³-hybridized carbons (Fsp3) is 0.878. The van der Waals surface area contributed by atoms with Gasteiger partial charge < -0.3 is 14.4 Å². The average Bonchev–Trinajstić information content (AvgIpc) is 3.32. The molecular formula is C41H69NO5. The molecule has 6 nitrogen and oxygen atoms in total. The van der Waals surface area contributed by atoms with Gasteiger partial charge in [0.25, 0.3) is 0 Å². The molecule has 0 aromatic rings. The lowest BCUT2D eigenvalue weighted by Gasteiger charge is -2.58. The highest BCUT2D eigenvalue weighted by Crippen LogP contribution is 2.67. The summed E-state index contributed by atoms with van der Waals surface area (Å²) in [6, 6.07) is 0. The van der Waals surface area contributed by atoms with E-state index in [1.807, 2.05) is 20.8 Å². The van der Waals surface area contributed by atoms with Crippen LogP contribution in [0.2, 0.25) is 0 Å². The summed E-state index contributed by atoms with van der Waals surface area (Å²) >= 11 is 0. The lowest BCUT2D eigenvalue weighted by atomic mass is 9.47. The van der Waals surface area contributed by atoms with Crippen LogP contribution in [-0.4, -0.2) is 47.0 Å². The van der Waals surface area contributed by atoms with Gasteiger partial charge in [0, 0.05) is 19.0 Å². The van der Waals surface area contributed by atoms with Crippen LogP contribution < -0.4 is 0 Å². The van der Waals surface area contributed by atoms with E-state index in [-0.39, 0.29) is 48.2 Å². The molecule has 0 aliphatic heterocycles. The topological polar surface area (TPSA) is 72.9 Å².